The Hall–Kier alpha value is 0.390. The van der Waals surface area contributed by atoms with E-state index in [-0.39, 0.29) is 42.5 Å². The topological polar surface area (TPSA) is 58.6 Å². The van der Waals surface area contributed by atoms with Crippen LogP contribution >= 0.6 is 0 Å². The third kappa shape index (κ3) is 2.56. The Kier molecular flexibility index (Phi) is 5.06. The monoisotopic (exact) mass is 222 g/mol. The first kappa shape index (κ1) is 13.5. The molecule has 1 saturated heterocycles. The molecule has 0 aromatic rings. The second-order valence-corrected chi connectivity index (χ2v) is 4.15. The average Bonchev–Trinajstić information content (AvgIpc) is 2.72. The van der Waals surface area contributed by atoms with Crippen LogP contribution in [-0.4, -0.2) is 25.5 Å². The standard InChI is InChI=1S/C10H16O4.Na/c11-9(12)10(4-2-1-3-5-10)8-6-13-7-14-8;/h8H,1-7H2,(H,11,12);/q;+1/p-1. The predicted octanol–water partition coefficient (Wildman–Crippen LogP) is -2.94. The number of carboxylic acids is 1. The van der Waals surface area contributed by atoms with Gasteiger partial charge in [0.1, 0.15) is 6.79 Å². The fourth-order valence-electron chi connectivity index (χ4n) is 2.49. The van der Waals surface area contributed by atoms with Gasteiger partial charge in [-0.3, -0.25) is 0 Å². The molecule has 4 nitrogen and oxygen atoms in total. The van der Waals surface area contributed by atoms with Crippen LogP contribution in [0.25, 0.3) is 0 Å². The molecule has 0 aromatic carbocycles. The Labute approximate surface area is 112 Å². The summed E-state index contributed by atoms with van der Waals surface area (Å²) in [6.07, 6.45) is 4.06. The maximum absolute atomic E-state index is 11.2. The van der Waals surface area contributed by atoms with Crippen LogP contribution in [0.5, 0.6) is 0 Å². The van der Waals surface area contributed by atoms with Crippen LogP contribution in [0.3, 0.4) is 0 Å². The molecule has 15 heavy (non-hydrogen) atoms. The summed E-state index contributed by atoms with van der Waals surface area (Å²) in [6.45, 7) is 0.619. The van der Waals surface area contributed by atoms with Gasteiger partial charge in [-0.25, -0.2) is 0 Å². The van der Waals surface area contributed by atoms with Gasteiger partial charge in [0, 0.05) is 5.41 Å². The molecule has 0 amide bonds. The molecule has 80 valence electrons. The molecule has 0 bridgehead atoms. The van der Waals surface area contributed by atoms with Crippen LogP contribution < -0.4 is 34.7 Å². The smallest absolute Gasteiger partial charge is 0.549 e. The fraction of sp³-hybridized carbons (Fsp3) is 0.900. The summed E-state index contributed by atoms with van der Waals surface area (Å²) in [6, 6.07) is 0. The molecule has 0 radical (unpaired) electrons. The van der Waals surface area contributed by atoms with Crippen molar-refractivity contribution in [1.82, 2.24) is 0 Å². The van der Waals surface area contributed by atoms with Crippen molar-refractivity contribution in [2.45, 2.75) is 38.2 Å². The average molecular weight is 222 g/mol. The third-order valence-electron chi connectivity index (χ3n) is 3.39. The zero-order valence-corrected chi connectivity index (χ0v) is 11.2. The van der Waals surface area contributed by atoms with E-state index >= 15 is 0 Å². The zero-order chi connectivity index (χ0) is 10.0. The first-order chi connectivity index (χ1) is 6.76. The first-order valence-electron chi connectivity index (χ1n) is 5.16. The molecule has 1 heterocycles. The number of rotatable bonds is 2. The van der Waals surface area contributed by atoms with Gasteiger partial charge in [-0.1, -0.05) is 19.3 Å². The van der Waals surface area contributed by atoms with Gasteiger partial charge in [0.05, 0.1) is 18.7 Å². The summed E-state index contributed by atoms with van der Waals surface area (Å²) in [4.78, 5) is 11.2. The maximum Gasteiger partial charge on any atom is 1.00 e. The molecule has 2 rings (SSSR count). The number of hydrogen-bond acceptors (Lipinski definition) is 4. The molecule has 0 N–H and O–H groups in total. The second kappa shape index (κ2) is 5.64. The number of carbonyl (C=O) groups excluding carboxylic acids is 1. The maximum atomic E-state index is 11.2. The molecule has 1 aliphatic heterocycles. The molecule has 0 spiro atoms. The van der Waals surface area contributed by atoms with Crippen LogP contribution in [0.4, 0.5) is 0 Å². The van der Waals surface area contributed by atoms with Gasteiger partial charge in [0.25, 0.3) is 0 Å². The van der Waals surface area contributed by atoms with Crippen molar-refractivity contribution in [1.29, 1.82) is 0 Å². The van der Waals surface area contributed by atoms with Gasteiger partial charge in [0.15, 0.2) is 0 Å². The summed E-state index contributed by atoms with van der Waals surface area (Å²) in [7, 11) is 0. The minimum absolute atomic E-state index is 0. The number of ether oxygens (including phenoxy) is 2. The molecule has 5 heteroatoms. The molecular weight excluding hydrogens is 207 g/mol. The largest absolute Gasteiger partial charge is 1.00 e. The molecule has 1 aliphatic carbocycles. The summed E-state index contributed by atoms with van der Waals surface area (Å²) in [5.41, 5.74) is -0.783. The summed E-state index contributed by atoms with van der Waals surface area (Å²) >= 11 is 0. The Bertz CT molecular complexity index is 219. The quantitative estimate of drug-likeness (QED) is 0.469. The van der Waals surface area contributed by atoms with Crippen LogP contribution in [0.2, 0.25) is 0 Å². The fourth-order valence-corrected chi connectivity index (χ4v) is 2.49. The van der Waals surface area contributed by atoms with E-state index in [1.54, 1.807) is 0 Å². The zero-order valence-electron chi connectivity index (χ0n) is 9.16. The van der Waals surface area contributed by atoms with E-state index in [9.17, 15) is 9.90 Å². The van der Waals surface area contributed by atoms with E-state index in [2.05, 4.69) is 0 Å². The van der Waals surface area contributed by atoms with E-state index < -0.39 is 11.4 Å². The summed E-state index contributed by atoms with van der Waals surface area (Å²) < 4.78 is 10.4. The second-order valence-electron chi connectivity index (χ2n) is 4.15. The van der Waals surface area contributed by atoms with E-state index in [1.165, 1.54) is 0 Å². The summed E-state index contributed by atoms with van der Waals surface area (Å²) in [5.74, 6) is -0.965. The molecule has 1 atom stereocenters. The van der Waals surface area contributed by atoms with Crippen LogP contribution in [0.1, 0.15) is 32.1 Å². The van der Waals surface area contributed by atoms with Gasteiger partial charge in [-0.05, 0) is 12.8 Å². The molecule has 1 unspecified atom stereocenters. The third-order valence-corrected chi connectivity index (χ3v) is 3.39. The van der Waals surface area contributed by atoms with Crippen molar-refractivity contribution >= 4 is 5.97 Å². The van der Waals surface area contributed by atoms with E-state index in [0.29, 0.717) is 19.4 Å². The number of aliphatic carboxylic acids is 1. The van der Waals surface area contributed by atoms with E-state index in [0.717, 1.165) is 19.3 Å². The van der Waals surface area contributed by atoms with Gasteiger partial charge >= 0.3 is 29.6 Å². The van der Waals surface area contributed by atoms with Crippen LogP contribution in [-0.2, 0) is 14.3 Å². The van der Waals surface area contributed by atoms with Gasteiger partial charge in [0.2, 0.25) is 0 Å². The molecule has 1 saturated carbocycles. The Morgan fingerprint density at radius 1 is 1.27 bits per heavy atom. The molecule has 2 aliphatic rings. The number of hydrogen-bond donors (Lipinski definition) is 0. The molecule has 0 aromatic heterocycles. The van der Waals surface area contributed by atoms with Crippen LogP contribution in [0, 0.1) is 5.41 Å². The van der Waals surface area contributed by atoms with Crippen molar-refractivity contribution < 1.29 is 48.9 Å². The molecule has 2 fully saturated rings. The van der Waals surface area contributed by atoms with Crippen molar-refractivity contribution in [2.24, 2.45) is 5.41 Å². The van der Waals surface area contributed by atoms with Crippen molar-refractivity contribution in [2.75, 3.05) is 13.4 Å². The van der Waals surface area contributed by atoms with Gasteiger partial charge < -0.3 is 19.4 Å². The number of carbonyl (C=O) groups is 1. The van der Waals surface area contributed by atoms with Gasteiger partial charge in [-0.15, -0.1) is 0 Å². The molecular formula is C10H15NaO4. The predicted molar refractivity (Wildman–Crippen MR) is 46.2 cm³/mol. The minimum atomic E-state index is -0.965. The van der Waals surface area contributed by atoms with Crippen LogP contribution in [0.15, 0.2) is 0 Å². The van der Waals surface area contributed by atoms with Crippen molar-refractivity contribution in [3.05, 3.63) is 0 Å². The van der Waals surface area contributed by atoms with Gasteiger partial charge in [-0.2, -0.15) is 0 Å². The normalized spacial score (nSPS) is 29.5. The van der Waals surface area contributed by atoms with E-state index in [1.807, 2.05) is 0 Å². The minimum Gasteiger partial charge on any atom is -0.549 e. The van der Waals surface area contributed by atoms with E-state index in [4.69, 9.17) is 9.47 Å². The summed E-state index contributed by atoms with van der Waals surface area (Å²) in [5, 5.41) is 11.2. The Morgan fingerprint density at radius 2 is 1.93 bits per heavy atom. The number of carboxylic acid groups (broad SMARTS) is 1. The Balaban J connectivity index is 0.00000112. The Morgan fingerprint density at radius 3 is 2.40 bits per heavy atom. The SMILES string of the molecule is O=C([O-])C1(C2COCO2)CCCCC1.[Na+]. The van der Waals surface area contributed by atoms with Crippen molar-refractivity contribution in [3.63, 3.8) is 0 Å². The van der Waals surface area contributed by atoms with Crippen molar-refractivity contribution in [3.8, 4) is 0 Å². The first-order valence-corrected chi connectivity index (χ1v) is 5.16.